The zero-order valence-corrected chi connectivity index (χ0v) is 16.4. The summed E-state index contributed by atoms with van der Waals surface area (Å²) in [5, 5.41) is 5.24. The maximum atomic E-state index is 13.2. The van der Waals surface area contributed by atoms with Gasteiger partial charge in [-0.2, -0.15) is 5.10 Å². The van der Waals surface area contributed by atoms with Gasteiger partial charge in [0.15, 0.2) is 10.8 Å². The lowest BCUT2D eigenvalue weighted by Crippen LogP contribution is -2.34. The van der Waals surface area contributed by atoms with Gasteiger partial charge in [0.1, 0.15) is 11.2 Å². The quantitative estimate of drug-likeness (QED) is 0.615. The van der Waals surface area contributed by atoms with Crippen LogP contribution in [0.25, 0.3) is 16.7 Å². The Hall–Kier alpha value is -2.68. The summed E-state index contributed by atoms with van der Waals surface area (Å²) in [4.78, 5) is 32.0. The predicted octanol–water partition coefficient (Wildman–Crippen LogP) is 2.63. The predicted molar refractivity (Wildman–Crippen MR) is 105 cm³/mol. The zero-order chi connectivity index (χ0) is 19.8. The second-order valence-electron chi connectivity index (χ2n) is 6.57. The number of halogens is 1. The molecule has 1 amide bonds. The molecule has 0 spiro atoms. The highest BCUT2D eigenvalue weighted by Gasteiger charge is 2.30. The summed E-state index contributed by atoms with van der Waals surface area (Å²) in [5.74, 6) is 0.328. The molecule has 146 valence electrons. The number of carbonyl (C=O) groups is 1. The maximum Gasteiger partial charge on any atom is 0.265 e. The van der Waals surface area contributed by atoms with Crippen LogP contribution in [0.5, 0.6) is 0 Å². The van der Waals surface area contributed by atoms with Crippen molar-refractivity contribution in [3.05, 3.63) is 46.6 Å². The summed E-state index contributed by atoms with van der Waals surface area (Å²) in [7, 11) is 0. The Morgan fingerprint density at radius 1 is 1.29 bits per heavy atom. The number of amides is 1. The molecule has 3 heterocycles. The van der Waals surface area contributed by atoms with Crippen LogP contribution in [0, 0.1) is 5.82 Å². The fourth-order valence-electron chi connectivity index (χ4n) is 3.46. The molecule has 0 radical (unpaired) electrons. The van der Waals surface area contributed by atoms with Gasteiger partial charge in [0.25, 0.3) is 5.56 Å². The molecule has 0 saturated heterocycles. The molecule has 0 bridgehead atoms. The Morgan fingerprint density at radius 2 is 2.00 bits per heavy atom. The van der Waals surface area contributed by atoms with Gasteiger partial charge >= 0.3 is 0 Å². The Balaban J connectivity index is 1.73. The van der Waals surface area contributed by atoms with Crippen LogP contribution >= 0.6 is 11.8 Å². The molecule has 1 unspecified atom stereocenters. The van der Waals surface area contributed by atoms with E-state index in [0.29, 0.717) is 40.7 Å². The topological polar surface area (TPSA) is 73.0 Å². The number of aromatic nitrogens is 4. The molecule has 0 saturated carbocycles. The van der Waals surface area contributed by atoms with Gasteiger partial charge in [-0.25, -0.2) is 14.1 Å². The monoisotopic (exact) mass is 401 g/mol. The van der Waals surface area contributed by atoms with Crippen molar-refractivity contribution >= 4 is 28.7 Å². The zero-order valence-electron chi connectivity index (χ0n) is 15.6. The standard InChI is InChI=1S/C19H20FN5O2S/c1-3-23(4-2)16(26)9-14-11-28-19-22-17-15(18(27)24(14)19)10-21-25(17)13-7-5-12(20)6-8-13/h5-8,10,14H,3-4,9,11H2,1-2H3. The number of hydrogen-bond acceptors (Lipinski definition) is 5. The van der Waals surface area contributed by atoms with Crippen molar-refractivity contribution in [1.29, 1.82) is 0 Å². The fourth-order valence-corrected chi connectivity index (χ4v) is 4.59. The van der Waals surface area contributed by atoms with E-state index in [1.807, 2.05) is 13.8 Å². The van der Waals surface area contributed by atoms with Crippen LogP contribution in [0.4, 0.5) is 4.39 Å². The van der Waals surface area contributed by atoms with Gasteiger partial charge < -0.3 is 4.90 Å². The number of fused-ring (bicyclic) bond motifs is 2. The third-order valence-electron chi connectivity index (χ3n) is 4.97. The largest absolute Gasteiger partial charge is 0.343 e. The van der Waals surface area contributed by atoms with Crippen molar-refractivity contribution in [3.8, 4) is 5.69 Å². The van der Waals surface area contributed by atoms with E-state index in [9.17, 15) is 14.0 Å². The molecule has 4 rings (SSSR count). The summed E-state index contributed by atoms with van der Waals surface area (Å²) in [5.41, 5.74) is 0.867. The molecule has 3 aromatic rings. The van der Waals surface area contributed by atoms with Crippen molar-refractivity contribution in [3.63, 3.8) is 0 Å². The van der Waals surface area contributed by atoms with Crippen LogP contribution in [-0.4, -0.2) is 49.0 Å². The number of rotatable bonds is 5. The molecule has 28 heavy (non-hydrogen) atoms. The highest BCUT2D eigenvalue weighted by molar-refractivity contribution is 7.99. The first-order valence-electron chi connectivity index (χ1n) is 9.20. The van der Waals surface area contributed by atoms with Gasteiger partial charge in [0.05, 0.1) is 17.9 Å². The van der Waals surface area contributed by atoms with E-state index in [2.05, 4.69) is 10.1 Å². The van der Waals surface area contributed by atoms with Crippen LogP contribution in [0.1, 0.15) is 26.3 Å². The molecule has 0 fully saturated rings. The van der Waals surface area contributed by atoms with E-state index < -0.39 is 0 Å². The summed E-state index contributed by atoms with van der Waals surface area (Å²) in [6.45, 7) is 5.19. The third-order valence-corrected chi connectivity index (χ3v) is 6.07. The number of carbonyl (C=O) groups excluding carboxylic acids is 1. The maximum absolute atomic E-state index is 13.2. The number of nitrogens with zero attached hydrogens (tertiary/aromatic N) is 5. The van der Waals surface area contributed by atoms with E-state index >= 15 is 0 Å². The summed E-state index contributed by atoms with van der Waals surface area (Å²) in [6, 6.07) is 5.64. The van der Waals surface area contributed by atoms with Gasteiger partial charge in [-0.15, -0.1) is 0 Å². The van der Waals surface area contributed by atoms with Gasteiger partial charge in [0.2, 0.25) is 5.91 Å². The molecule has 1 atom stereocenters. The van der Waals surface area contributed by atoms with Crippen molar-refractivity contribution in [1.82, 2.24) is 24.2 Å². The lowest BCUT2D eigenvalue weighted by Gasteiger charge is -2.21. The van der Waals surface area contributed by atoms with Gasteiger partial charge in [-0.1, -0.05) is 11.8 Å². The lowest BCUT2D eigenvalue weighted by atomic mass is 10.2. The molecular formula is C19H20FN5O2S. The second kappa shape index (κ2) is 7.38. The minimum absolute atomic E-state index is 0.0393. The number of benzene rings is 1. The normalized spacial score (nSPS) is 15.8. The summed E-state index contributed by atoms with van der Waals surface area (Å²) >= 11 is 1.46. The molecule has 1 aliphatic heterocycles. The average molecular weight is 401 g/mol. The summed E-state index contributed by atoms with van der Waals surface area (Å²) < 4.78 is 16.4. The van der Waals surface area contributed by atoms with Crippen LogP contribution in [0.3, 0.4) is 0 Å². The fraction of sp³-hybridized carbons (Fsp3) is 0.368. The highest BCUT2D eigenvalue weighted by atomic mass is 32.2. The van der Waals surface area contributed by atoms with Crippen molar-refractivity contribution in [2.45, 2.75) is 31.5 Å². The van der Waals surface area contributed by atoms with Gasteiger partial charge in [0, 0.05) is 25.3 Å². The van der Waals surface area contributed by atoms with Gasteiger partial charge in [-0.3, -0.25) is 14.2 Å². The molecule has 1 aliphatic rings. The Bertz CT molecular complexity index is 1090. The first kappa shape index (κ1) is 18.7. The molecule has 0 N–H and O–H groups in total. The Labute approximate surface area is 165 Å². The van der Waals surface area contributed by atoms with E-state index in [1.165, 1.54) is 34.8 Å². The Kier molecular flexibility index (Phi) is 4.92. The second-order valence-corrected chi connectivity index (χ2v) is 7.56. The van der Waals surface area contributed by atoms with Crippen molar-refractivity contribution < 1.29 is 9.18 Å². The Morgan fingerprint density at radius 3 is 2.68 bits per heavy atom. The van der Waals surface area contributed by atoms with Crippen LogP contribution in [-0.2, 0) is 4.79 Å². The van der Waals surface area contributed by atoms with Crippen molar-refractivity contribution in [2.75, 3.05) is 18.8 Å². The molecule has 2 aromatic heterocycles. The van der Waals surface area contributed by atoms with E-state index in [4.69, 9.17) is 0 Å². The molecule has 1 aromatic carbocycles. The third kappa shape index (κ3) is 3.09. The minimum Gasteiger partial charge on any atom is -0.343 e. The molecule has 0 aliphatic carbocycles. The summed E-state index contributed by atoms with van der Waals surface area (Å²) in [6.07, 6.45) is 1.76. The number of hydrogen-bond donors (Lipinski definition) is 0. The first-order chi connectivity index (χ1) is 13.5. The van der Waals surface area contributed by atoms with Crippen LogP contribution in [0.2, 0.25) is 0 Å². The molecule has 9 heteroatoms. The van der Waals surface area contributed by atoms with E-state index in [1.54, 1.807) is 21.6 Å². The van der Waals surface area contributed by atoms with Gasteiger partial charge in [-0.05, 0) is 38.1 Å². The van der Waals surface area contributed by atoms with E-state index in [-0.39, 0.29) is 29.7 Å². The number of thioether (sulfide) groups is 1. The molecular weight excluding hydrogens is 381 g/mol. The van der Waals surface area contributed by atoms with Crippen LogP contribution < -0.4 is 5.56 Å². The lowest BCUT2D eigenvalue weighted by molar-refractivity contribution is -0.131. The average Bonchev–Trinajstić information content (AvgIpc) is 3.29. The smallest absolute Gasteiger partial charge is 0.265 e. The minimum atomic E-state index is -0.342. The SMILES string of the molecule is CCN(CC)C(=O)CC1CSc2nc3c(cnn3-c3ccc(F)cc3)c(=O)n21. The molecule has 7 nitrogen and oxygen atoms in total. The van der Waals surface area contributed by atoms with E-state index in [0.717, 1.165) is 0 Å². The van der Waals surface area contributed by atoms with Crippen LogP contribution in [0.15, 0.2) is 40.4 Å². The highest BCUT2D eigenvalue weighted by Crippen LogP contribution is 2.33. The first-order valence-corrected chi connectivity index (χ1v) is 10.2. The van der Waals surface area contributed by atoms with Crippen molar-refractivity contribution in [2.24, 2.45) is 0 Å².